The van der Waals surface area contributed by atoms with Gasteiger partial charge in [-0.15, -0.1) is 6.42 Å². The molecule has 0 aliphatic carbocycles. The van der Waals surface area contributed by atoms with Gasteiger partial charge in [0.25, 0.3) is 5.92 Å². The molecule has 2 atom stereocenters. The summed E-state index contributed by atoms with van der Waals surface area (Å²) >= 11 is 5.92. The molecular weight excluding hydrogens is 300 g/mol. The van der Waals surface area contributed by atoms with Gasteiger partial charge in [-0.1, -0.05) is 17.5 Å². The molecule has 0 bridgehead atoms. The third-order valence-corrected chi connectivity index (χ3v) is 3.76. The summed E-state index contributed by atoms with van der Waals surface area (Å²) in [6.07, 6.45) is 7.14. The van der Waals surface area contributed by atoms with Gasteiger partial charge >= 0.3 is 0 Å². The van der Waals surface area contributed by atoms with Gasteiger partial charge in [0.1, 0.15) is 11.6 Å². The highest BCUT2D eigenvalue weighted by Crippen LogP contribution is 2.46. The summed E-state index contributed by atoms with van der Waals surface area (Å²) in [5.41, 5.74) is 2.94. The largest absolute Gasteiger partial charge is 0.369 e. The van der Waals surface area contributed by atoms with E-state index in [4.69, 9.17) is 23.8 Å². The number of carbonyl (C=O) groups is 1. The lowest BCUT2D eigenvalue weighted by Gasteiger charge is -2.44. The number of hydrogen-bond acceptors (Lipinski definition) is 3. The van der Waals surface area contributed by atoms with Crippen LogP contribution in [0.5, 0.6) is 0 Å². The molecule has 0 aromatic carbocycles. The summed E-state index contributed by atoms with van der Waals surface area (Å²) in [6, 6.07) is 0. The van der Waals surface area contributed by atoms with Crippen molar-refractivity contribution in [1.82, 2.24) is 5.32 Å². The van der Waals surface area contributed by atoms with Gasteiger partial charge < -0.3 is 5.73 Å². The monoisotopic (exact) mass is 317 g/mol. The molecule has 3 N–H and O–H groups in total. The quantitative estimate of drug-likeness (QED) is 0.760. The molecule has 0 saturated heterocycles. The summed E-state index contributed by atoms with van der Waals surface area (Å²) in [5, 5.41) is 2.73. The van der Waals surface area contributed by atoms with Gasteiger partial charge in [-0.25, -0.2) is 8.78 Å². The maximum atomic E-state index is 13.1. The van der Waals surface area contributed by atoms with Crippen LogP contribution < -0.4 is 11.1 Å². The maximum absolute atomic E-state index is 13.1. The second-order valence-electron chi connectivity index (χ2n) is 5.66. The molecule has 1 amide bonds. The molecule has 1 aliphatic heterocycles. The van der Waals surface area contributed by atoms with Crippen molar-refractivity contribution in [3.63, 3.8) is 0 Å². The average Bonchev–Trinajstić information content (AvgIpc) is 2.35. The number of rotatable bonds is 5. The van der Waals surface area contributed by atoms with Crippen LogP contribution in [0.15, 0.2) is 16.1 Å². The first-order valence-corrected chi connectivity index (χ1v) is 6.64. The van der Waals surface area contributed by atoms with E-state index in [0.717, 1.165) is 6.92 Å². The van der Waals surface area contributed by atoms with Crippen LogP contribution >= 0.6 is 11.6 Å². The zero-order valence-corrected chi connectivity index (χ0v) is 12.8. The molecule has 1 rings (SSSR count). The van der Waals surface area contributed by atoms with Crippen molar-refractivity contribution >= 4 is 23.7 Å². The Hall–Kier alpha value is -1.45. The summed E-state index contributed by atoms with van der Waals surface area (Å²) in [4.78, 5) is 16.1. The minimum atomic E-state index is -2.97. The zero-order valence-electron chi connectivity index (χ0n) is 12.1. The Bertz CT molecular complexity index is 531. The molecule has 1 heterocycles. The highest BCUT2D eigenvalue weighted by Gasteiger charge is 2.55. The van der Waals surface area contributed by atoms with Gasteiger partial charge in [-0.2, -0.15) is 0 Å². The highest BCUT2D eigenvalue weighted by molar-refractivity contribution is 6.39. The number of amides is 1. The molecule has 0 aromatic rings. The molecule has 7 heteroatoms. The van der Waals surface area contributed by atoms with Crippen molar-refractivity contribution < 1.29 is 13.6 Å². The molecule has 0 aromatic heterocycles. The van der Waals surface area contributed by atoms with E-state index < -0.39 is 35.4 Å². The standard InChI is InChI=1S/C14H18ClF2N3O/c1-5-12(2,3)14(10(18)21)6-9(15)7-19-11(14)20-8-13(4,16)17/h1,6-7,11,20H,8H2,2-4H3,(H2,18,21). The number of allylic oxidation sites excluding steroid dienone is 1. The molecular formula is C14H18ClF2N3O. The van der Waals surface area contributed by atoms with Crippen LogP contribution in [0.1, 0.15) is 20.8 Å². The van der Waals surface area contributed by atoms with E-state index in [0.29, 0.717) is 0 Å². The lowest BCUT2D eigenvalue weighted by atomic mass is 9.62. The third-order valence-electron chi connectivity index (χ3n) is 3.55. The number of nitrogens with two attached hydrogens (primary N) is 1. The lowest BCUT2D eigenvalue weighted by Crippen LogP contribution is -2.60. The molecule has 4 nitrogen and oxygen atoms in total. The summed E-state index contributed by atoms with van der Waals surface area (Å²) in [7, 11) is 0. The molecule has 0 fully saturated rings. The van der Waals surface area contributed by atoms with Gasteiger partial charge in [0, 0.05) is 18.6 Å². The number of dihydropyridines is 1. The summed E-state index contributed by atoms with van der Waals surface area (Å²) in [6.45, 7) is 3.31. The first kappa shape index (κ1) is 17.6. The second-order valence-corrected chi connectivity index (χ2v) is 6.10. The average molecular weight is 318 g/mol. The predicted octanol–water partition coefficient (Wildman–Crippen LogP) is 1.90. The fraction of sp³-hybridized carbons (Fsp3) is 0.571. The molecule has 1 aliphatic rings. The number of halogens is 3. The van der Waals surface area contributed by atoms with E-state index in [-0.39, 0.29) is 5.03 Å². The fourth-order valence-corrected chi connectivity index (χ4v) is 2.47. The van der Waals surface area contributed by atoms with E-state index in [1.54, 1.807) is 13.8 Å². The lowest BCUT2D eigenvalue weighted by molar-refractivity contribution is -0.131. The van der Waals surface area contributed by atoms with Gasteiger partial charge in [-0.05, 0) is 19.9 Å². The molecule has 116 valence electrons. The molecule has 0 saturated carbocycles. The van der Waals surface area contributed by atoms with E-state index in [1.807, 2.05) is 0 Å². The Morgan fingerprint density at radius 1 is 1.62 bits per heavy atom. The minimum Gasteiger partial charge on any atom is -0.369 e. The van der Waals surface area contributed by atoms with E-state index in [2.05, 4.69) is 16.2 Å². The molecule has 2 unspecified atom stereocenters. The number of nitrogens with zero attached hydrogens (tertiary/aromatic N) is 1. The van der Waals surface area contributed by atoms with Gasteiger partial charge in [-0.3, -0.25) is 15.1 Å². The number of aliphatic imine (C=N–C) groups is 1. The number of carbonyl (C=O) groups excluding carboxylic acids is 1. The maximum Gasteiger partial charge on any atom is 0.257 e. The van der Waals surface area contributed by atoms with Crippen molar-refractivity contribution in [2.24, 2.45) is 21.6 Å². The van der Waals surface area contributed by atoms with E-state index >= 15 is 0 Å². The topological polar surface area (TPSA) is 67.5 Å². The Kier molecular flexibility index (Phi) is 4.81. The summed E-state index contributed by atoms with van der Waals surface area (Å²) < 4.78 is 26.1. The summed E-state index contributed by atoms with van der Waals surface area (Å²) in [5.74, 6) is -1.27. The first-order valence-electron chi connectivity index (χ1n) is 6.27. The number of terminal acetylenes is 1. The minimum absolute atomic E-state index is 0.179. The van der Waals surface area contributed by atoms with Crippen LogP contribution in [0, 0.1) is 23.2 Å². The first-order chi connectivity index (χ1) is 9.46. The molecule has 21 heavy (non-hydrogen) atoms. The van der Waals surface area contributed by atoms with E-state index in [9.17, 15) is 13.6 Å². The molecule has 0 radical (unpaired) electrons. The Balaban J connectivity index is 3.31. The van der Waals surface area contributed by atoms with Crippen LogP contribution in [-0.2, 0) is 4.79 Å². The van der Waals surface area contributed by atoms with Gasteiger partial charge in [0.2, 0.25) is 5.91 Å². The number of nitrogens with one attached hydrogen (secondary N) is 1. The van der Waals surface area contributed by atoms with Crippen LogP contribution in [0.25, 0.3) is 0 Å². The smallest absolute Gasteiger partial charge is 0.257 e. The number of primary amides is 1. The van der Waals surface area contributed by atoms with Gasteiger partial charge in [0.15, 0.2) is 0 Å². The predicted molar refractivity (Wildman–Crippen MR) is 79.1 cm³/mol. The van der Waals surface area contributed by atoms with Crippen LogP contribution in [0.2, 0.25) is 0 Å². The van der Waals surface area contributed by atoms with Crippen molar-refractivity contribution in [3.8, 4) is 12.3 Å². The number of hydrogen-bond donors (Lipinski definition) is 2. The van der Waals surface area contributed by atoms with E-state index in [1.165, 1.54) is 12.3 Å². The Morgan fingerprint density at radius 2 is 2.19 bits per heavy atom. The SMILES string of the molecule is C#CC(C)(C)C1(C(N)=O)C=C(Cl)C=NC1NCC(C)(F)F. The second kappa shape index (κ2) is 5.74. The number of alkyl halides is 2. The van der Waals surface area contributed by atoms with Gasteiger partial charge in [0.05, 0.1) is 11.6 Å². The zero-order chi connectivity index (χ0) is 16.5. The van der Waals surface area contributed by atoms with Crippen LogP contribution in [0.4, 0.5) is 8.78 Å². The normalized spacial score (nSPS) is 26.1. The van der Waals surface area contributed by atoms with Crippen molar-refractivity contribution in [3.05, 3.63) is 11.1 Å². The van der Waals surface area contributed by atoms with Crippen molar-refractivity contribution in [1.29, 1.82) is 0 Å². The van der Waals surface area contributed by atoms with Crippen LogP contribution in [0.3, 0.4) is 0 Å². The Morgan fingerprint density at radius 3 is 2.62 bits per heavy atom. The highest BCUT2D eigenvalue weighted by atomic mass is 35.5. The van der Waals surface area contributed by atoms with Crippen molar-refractivity contribution in [2.75, 3.05) is 6.54 Å². The fourth-order valence-electron chi connectivity index (χ4n) is 2.24. The van der Waals surface area contributed by atoms with Crippen molar-refractivity contribution in [2.45, 2.75) is 32.9 Å². The third kappa shape index (κ3) is 3.42. The molecule has 0 spiro atoms. The van der Waals surface area contributed by atoms with Crippen LogP contribution in [-0.4, -0.2) is 30.8 Å². The Labute approximate surface area is 127 Å².